The maximum Gasteiger partial charge on any atom is 0.435 e. The summed E-state index contributed by atoms with van der Waals surface area (Å²) in [6, 6.07) is 8.72. The Morgan fingerprint density at radius 3 is 2.74 bits per heavy atom. The molecule has 1 atom stereocenters. The zero-order valence-electron chi connectivity index (χ0n) is 9.98. The van der Waals surface area contributed by atoms with Crippen molar-refractivity contribution in [2.45, 2.75) is 18.6 Å². The number of anilines is 1. The highest BCUT2D eigenvalue weighted by atomic mass is 19.4. The third kappa shape index (κ3) is 2.30. The van der Waals surface area contributed by atoms with E-state index in [9.17, 15) is 13.2 Å². The lowest BCUT2D eigenvalue weighted by atomic mass is 10.00. The fourth-order valence-electron chi connectivity index (χ4n) is 2.30. The second-order valence-electron chi connectivity index (χ2n) is 4.57. The molecule has 0 spiro atoms. The van der Waals surface area contributed by atoms with Crippen molar-refractivity contribution in [2.75, 3.05) is 11.9 Å². The quantitative estimate of drug-likeness (QED) is 0.860. The Kier molecular flexibility index (Phi) is 2.73. The lowest BCUT2D eigenvalue weighted by Crippen LogP contribution is -2.26. The van der Waals surface area contributed by atoms with Crippen LogP contribution in [0.25, 0.3) is 0 Å². The van der Waals surface area contributed by atoms with Crippen LogP contribution in [0.3, 0.4) is 0 Å². The van der Waals surface area contributed by atoms with Crippen LogP contribution in [-0.4, -0.2) is 16.3 Å². The van der Waals surface area contributed by atoms with Gasteiger partial charge in [0.2, 0.25) is 0 Å². The molecule has 2 heterocycles. The molecule has 0 bridgehead atoms. The first-order valence-electron chi connectivity index (χ1n) is 5.98. The van der Waals surface area contributed by atoms with Crippen LogP contribution < -0.4 is 5.32 Å². The summed E-state index contributed by atoms with van der Waals surface area (Å²) in [6.07, 6.45) is -2.31. The normalized spacial score (nSPS) is 18.8. The summed E-state index contributed by atoms with van der Waals surface area (Å²) in [4.78, 5) is 0. The van der Waals surface area contributed by atoms with E-state index in [-0.39, 0.29) is 6.04 Å². The van der Waals surface area contributed by atoms with E-state index < -0.39 is 11.9 Å². The van der Waals surface area contributed by atoms with Crippen molar-refractivity contribution >= 4 is 5.69 Å². The van der Waals surface area contributed by atoms with Crippen molar-refractivity contribution in [3.05, 3.63) is 47.8 Å². The number of alkyl halides is 3. The SMILES string of the molecule is FC(F)(F)c1ccn(C2CNc3ccccc3C2)n1. The number of para-hydroxylation sites is 1. The number of hydrogen-bond acceptors (Lipinski definition) is 2. The molecule has 2 aromatic rings. The van der Waals surface area contributed by atoms with Crippen LogP contribution in [0.4, 0.5) is 18.9 Å². The Morgan fingerprint density at radius 1 is 1.21 bits per heavy atom. The molecular formula is C13H12F3N3. The largest absolute Gasteiger partial charge is 0.435 e. The standard InChI is InChI=1S/C13H12F3N3/c14-13(15,16)12-5-6-19(18-12)10-7-9-3-1-2-4-11(9)17-8-10/h1-6,10,17H,7-8H2. The first-order chi connectivity index (χ1) is 9.04. The summed E-state index contributed by atoms with van der Waals surface area (Å²) in [7, 11) is 0. The number of rotatable bonds is 1. The van der Waals surface area contributed by atoms with Crippen molar-refractivity contribution in [3.8, 4) is 0 Å². The van der Waals surface area contributed by atoms with Crippen LogP contribution in [0.1, 0.15) is 17.3 Å². The molecule has 19 heavy (non-hydrogen) atoms. The number of nitrogens with zero attached hydrogens (tertiary/aromatic N) is 2. The van der Waals surface area contributed by atoms with E-state index in [0.717, 1.165) is 17.3 Å². The van der Waals surface area contributed by atoms with Gasteiger partial charge in [-0.2, -0.15) is 18.3 Å². The highest BCUT2D eigenvalue weighted by Crippen LogP contribution is 2.30. The Morgan fingerprint density at radius 2 is 2.00 bits per heavy atom. The van der Waals surface area contributed by atoms with Crippen molar-refractivity contribution in [1.82, 2.24) is 9.78 Å². The van der Waals surface area contributed by atoms with Gasteiger partial charge in [-0.3, -0.25) is 4.68 Å². The first kappa shape index (κ1) is 12.1. The first-order valence-corrected chi connectivity index (χ1v) is 5.98. The molecule has 1 N–H and O–H groups in total. The minimum absolute atomic E-state index is 0.0917. The van der Waals surface area contributed by atoms with Crippen molar-refractivity contribution < 1.29 is 13.2 Å². The molecule has 0 fully saturated rings. The zero-order valence-corrected chi connectivity index (χ0v) is 9.98. The molecule has 1 aliphatic rings. The average molecular weight is 267 g/mol. The van der Waals surface area contributed by atoms with Crippen molar-refractivity contribution in [1.29, 1.82) is 0 Å². The molecule has 0 saturated heterocycles. The zero-order chi connectivity index (χ0) is 13.5. The van der Waals surface area contributed by atoms with Crippen molar-refractivity contribution in [3.63, 3.8) is 0 Å². The van der Waals surface area contributed by atoms with Gasteiger partial charge in [0.25, 0.3) is 0 Å². The second-order valence-corrected chi connectivity index (χ2v) is 4.57. The van der Waals surface area contributed by atoms with Gasteiger partial charge in [0, 0.05) is 18.4 Å². The van der Waals surface area contributed by atoms with E-state index in [4.69, 9.17) is 0 Å². The van der Waals surface area contributed by atoms with E-state index in [1.165, 1.54) is 10.9 Å². The lowest BCUT2D eigenvalue weighted by Gasteiger charge is -2.26. The van der Waals surface area contributed by atoms with Gasteiger partial charge in [-0.05, 0) is 24.1 Å². The van der Waals surface area contributed by atoms with Gasteiger partial charge >= 0.3 is 6.18 Å². The number of hydrogen-bond donors (Lipinski definition) is 1. The minimum Gasteiger partial charge on any atom is -0.383 e. The second kappa shape index (κ2) is 4.29. The van der Waals surface area contributed by atoms with Crippen LogP contribution >= 0.6 is 0 Å². The van der Waals surface area contributed by atoms with Gasteiger partial charge in [0.1, 0.15) is 0 Å². The van der Waals surface area contributed by atoms with E-state index in [2.05, 4.69) is 10.4 Å². The highest BCUT2D eigenvalue weighted by molar-refractivity contribution is 5.53. The summed E-state index contributed by atoms with van der Waals surface area (Å²) in [5.74, 6) is 0. The van der Waals surface area contributed by atoms with Crippen LogP contribution in [-0.2, 0) is 12.6 Å². The highest BCUT2D eigenvalue weighted by Gasteiger charge is 2.34. The fraction of sp³-hybridized carbons (Fsp3) is 0.308. The molecule has 3 rings (SSSR count). The Labute approximate surface area is 108 Å². The number of nitrogens with one attached hydrogen (secondary N) is 1. The fourth-order valence-corrected chi connectivity index (χ4v) is 2.30. The third-order valence-electron chi connectivity index (χ3n) is 3.27. The number of halogens is 3. The summed E-state index contributed by atoms with van der Waals surface area (Å²) < 4.78 is 38.9. The Bertz CT molecular complexity index is 589. The maximum atomic E-state index is 12.5. The number of fused-ring (bicyclic) bond motifs is 1. The summed E-state index contributed by atoms with van der Waals surface area (Å²) in [5.41, 5.74) is 1.30. The third-order valence-corrected chi connectivity index (χ3v) is 3.27. The van der Waals surface area contributed by atoms with Gasteiger partial charge in [0.15, 0.2) is 5.69 Å². The molecule has 3 nitrogen and oxygen atoms in total. The summed E-state index contributed by atoms with van der Waals surface area (Å²) in [5, 5.41) is 6.85. The Balaban J connectivity index is 1.83. The molecular weight excluding hydrogens is 255 g/mol. The average Bonchev–Trinajstić information content (AvgIpc) is 2.87. The van der Waals surface area contributed by atoms with Crippen LogP contribution in [0.5, 0.6) is 0 Å². The monoisotopic (exact) mass is 267 g/mol. The molecule has 0 amide bonds. The molecule has 1 aliphatic heterocycles. The molecule has 1 aromatic heterocycles. The predicted molar refractivity (Wildman–Crippen MR) is 64.9 cm³/mol. The maximum absolute atomic E-state index is 12.5. The van der Waals surface area contributed by atoms with E-state index >= 15 is 0 Å². The minimum atomic E-state index is -4.38. The van der Waals surface area contributed by atoms with Gasteiger partial charge in [-0.1, -0.05) is 18.2 Å². The number of aromatic nitrogens is 2. The van der Waals surface area contributed by atoms with E-state index in [0.29, 0.717) is 13.0 Å². The van der Waals surface area contributed by atoms with Crippen LogP contribution in [0.15, 0.2) is 36.5 Å². The predicted octanol–water partition coefficient (Wildman–Crippen LogP) is 3.11. The molecule has 1 unspecified atom stereocenters. The lowest BCUT2D eigenvalue weighted by molar-refractivity contribution is -0.141. The van der Waals surface area contributed by atoms with E-state index in [1.807, 2.05) is 24.3 Å². The smallest absolute Gasteiger partial charge is 0.383 e. The molecule has 100 valence electrons. The molecule has 1 aromatic carbocycles. The summed E-state index contributed by atoms with van der Waals surface area (Å²) >= 11 is 0. The van der Waals surface area contributed by atoms with E-state index in [1.54, 1.807) is 0 Å². The number of benzene rings is 1. The molecule has 0 radical (unpaired) electrons. The Hall–Kier alpha value is -1.98. The van der Waals surface area contributed by atoms with Gasteiger partial charge < -0.3 is 5.32 Å². The van der Waals surface area contributed by atoms with Gasteiger partial charge in [-0.15, -0.1) is 0 Å². The van der Waals surface area contributed by atoms with Gasteiger partial charge in [-0.25, -0.2) is 0 Å². The molecule has 0 saturated carbocycles. The van der Waals surface area contributed by atoms with Crippen LogP contribution in [0, 0.1) is 0 Å². The van der Waals surface area contributed by atoms with Crippen LogP contribution in [0.2, 0.25) is 0 Å². The van der Waals surface area contributed by atoms with Gasteiger partial charge in [0.05, 0.1) is 6.04 Å². The summed E-state index contributed by atoms with van der Waals surface area (Å²) in [6.45, 7) is 0.579. The topological polar surface area (TPSA) is 29.9 Å². The molecule has 0 aliphatic carbocycles. The van der Waals surface area contributed by atoms with Crippen molar-refractivity contribution in [2.24, 2.45) is 0 Å². The molecule has 6 heteroatoms.